The summed E-state index contributed by atoms with van der Waals surface area (Å²) >= 11 is -1.38. The molecule has 0 aromatic heterocycles. The zero-order valence-electron chi connectivity index (χ0n) is 15.4. The van der Waals surface area contributed by atoms with Crippen LogP contribution in [0.15, 0.2) is 22.1 Å². The normalized spacial score (nSPS) is 12.2. The monoisotopic (exact) mass is 335 g/mol. The van der Waals surface area contributed by atoms with Gasteiger partial charge in [0.1, 0.15) is 0 Å². The van der Waals surface area contributed by atoms with E-state index >= 15 is 0 Å². The quantitative estimate of drug-likeness (QED) is 0.691. The van der Waals surface area contributed by atoms with E-state index in [1.54, 1.807) is 45.4 Å². The molecule has 0 N–H and O–H groups in total. The van der Waals surface area contributed by atoms with Crippen LogP contribution in [0.5, 0.6) is 0 Å². The average molecular weight is 335 g/mol. The molecule has 4 heteroatoms. The van der Waals surface area contributed by atoms with Gasteiger partial charge in [-0.2, -0.15) is 0 Å². The Morgan fingerprint density at radius 2 is 1.10 bits per heavy atom. The first-order chi connectivity index (χ1) is 9.30. The van der Waals surface area contributed by atoms with Gasteiger partial charge in [0, 0.05) is 0 Å². The second-order valence-corrected chi connectivity index (χ2v) is 14.8. The maximum absolute atomic E-state index is 9.53. The summed E-state index contributed by atoms with van der Waals surface area (Å²) in [5, 5.41) is 35.9. The molecule has 1 aliphatic carbocycles. The molecule has 1 aliphatic rings. The van der Waals surface area contributed by atoms with Gasteiger partial charge in [-0.1, -0.05) is 41.5 Å². The first-order valence-corrected chi connectivity index (χ1v) is 13.1. The minimum atomic E-state index is -1.38. The van der Waals surface area contributed by atoms with Gasteiger partial charge in [-0.05, 0) is 0 Å². The molecule has 0 saturated heterocycles. The fourth-order valence-corrected chi connectivity index (χ4v) is 3.07. The predicted octanol–water partition coefficient (Wildman–Crippen LogP) is 2.39. The predicted molar refractivity (Wildman–Crippen MR) is 84.8 cm³/mol. The van der Waals surface area contributed by atoms with Gasteiger partial charge in [0.05, 0.1) is 0 Å². The van der Waals surface area contributed by atoms with E-state index in [1.807, 2.05) is 0 Å². The zero-order chi connectivity index (χ0) is 17.6. The van der Waals surface area contributed by atoms with Crippen molar-refractivity contribution in [1.29, 1.82) is 0 Å². The van der Waals surface area contributed by atoms with Gasteiger partial charge in [0.15, 0.2) is 0 Å². The van der Waals surface area contributed by atoms with Gasteiger partial charge in [-0.3, -0.25) is 0 Å². The minimum absolute atomic E-state index is 0.417. The van der Waals surface area contributed by atoms with Crippen molar-refractivity contribution in [3.05, 3.63) is 22.1 Å². The van der Waals surface area contributed by atoms with Crippen molar-refractivity contribution >= 4 is 0 Å². The van der Waals surface area contributed by atoms with E-state index in [1.165, 1.54) is 6.42 Å². The number of allylic oxidation sites excluding steroid dienone is 4. The first-order valence-electron chi connectivity index (χ1n) is 7.64. The number of hydrogen-bond acceptors (Lipinski definition) is 3. The van der Waals surface area contributed by atoms with E-state index in [4.69, 9.17) is 0 Å². The van der Waals surface area contributed by atoms with E-state index in [0.29, 0.717) is 0 Å². The third kappa shape index (κ3) is 38.4. The van der Waals surface area contributed by atoms with Crippen molar-refractivity contribution in [3.8, 4) is 0 Å². The molecule has 0 saturated carbocycles. The topological polar surface area (TPSA) is 69.2 Å². The van der Waals surface area contributed by atoms with Crippen LogP contribution in [0.3, 0.4) is 0 Å². The first kappa shape index (κ1) is 26.0. The van der Waals surface area contributed by atoms with Crippen LogP contribution >= 0.6 is 0 Å². The molecule has 0 unspecified atom stereocenters. The molecule has 0 amide bonds. The summed E-state index contributed by atoms with van der Waals surface area (Å²) in [6.07, 6.45) is 6.74. The molecule has 0 fully saturated rings. The molecule has 0 atom stereocenters. The van der Waals surface area contributed by atoms with Crippen LogP contribution in [0.25, 0.3) is 0 Å². The Kier molecular flexibility index (Phi) is 18.6. The fraction of sp³-hybridized carbons (Fsp3) is 0.765. The van der Waals surface area contributed by atoms with Crippen LogP contribution in [0, 0.1) is 0 Å². The number of hydrogen-bond donors (Lipinski definition) is 0. The third-order valence-corrected chi connectivity index (χ3v) is 5.32. The van der Waals surface area contributed by atoms with E-state index in [0.717, 1.165) is 0 Å². The van der Waals surface area contributed by atoms with Crippen molar-refractivity contribution in [2.75, 3.05) is 0 Å². The van der Waals surface area contributed by atoms with Crippen molar-refractivity contribution in [1.82, 2.24) is 0 Å². The number of rotatable bonds is 1. The average Bonchev–Trinajstić information content (AvgIpc) is 2.64. The van der Waals surface area contributed by atoms with Crippen LogP contribution in [0.1, 0.15) is 48.0 Å². The summed E-state index contributed by atoms with van der Waals surface area (Å²) in [6, 6.07) is 0. The Morgan fingerprint density at radius 3 is 1.19 bits per heavy atom. The van der Waals surface area contributed by atoms with Crippen LogP contribution in [0.2, 0.25) is 15.7 Å². The molecule has 0 radical (unpaired) electrons. The van der Waals surface area contributed by atoms with Crippen molar-refractivity contribution in [2.45, 2.75) is 82.0 Å². The van der Waals surface area contributed by atoms with Gasteiger partial charge in [0.25, 0.3) is 0 Å². The molecule has 3 nitrogen and oxygen atoms in total. The Morgan fingerprint density at radius 1 is 0.810 bits per heavy atom. The molecule has 0 aliphatic heterocycles. The van der Waals surface area contributed by atoms with Crippen molar-refractivity contribution in [2.24, 2.45) is 0 Å². The summed E-state index contributed by atoms with van der Waals surface area (Å²) < 4.78 is 1.73. The van der Waals surface area contributed by atoms with Crippen molar-refractivity contribution in [3.63, 3.8) is 0 Å². The van der Waals surface area contributed by atoms with Gasteiger partial charge in [-0.25, -0.2) is 0 Å². The Bertz CT molecular complexity index is 252. The standard InChI is InChI=1S/C5H5.3C3H7O.3CH3.Ti/c1-2-4-5-3-1;3*1-3(2)4;;;;/h1-3H,4H2;3*3H,1-2H3;3*1H3;/q;3*-1;;;;+3. The van der Waals surface area contributed by atoms with E-state index < -0.39 is 34.9 Å². The summed E-state index contributed by atoms with van der Waals surface area (Å²) in [5.41, 5.74) is 0. The molecule has 0 aromatic rings. The molecule has 0 heterocycles. The molecule has 0 aromatic carbocycles. The van der Waals surface area contributed by atoms with E-state index in [-0.39, 0.29) is 0 Å². The zero-order valence-corrected chi connectivity index (χ0v) is 17.0. The second kappa shape index (κ2) is 15.0. The second-order valence-electron chi connectivity index (χ2n) is 6.72. The molecule has 21 heavy (non-hydrogen) atoms. The summed E-state index contributed by atoms with van der Waals surface area (Å²) in [4.78, 5) is 0. The molecular weight excluding hydrogens is 300 g/mol. The van der Waals surface area contributed by atoms with Crippen LogP contribution < -0.4 is 15.3 Å². The van der Waals surface area contributed by atoms with Crippen molar-refractivity contribution < 1.29 is 31.9 Å². The van der Waals surface area contributed by atoms with Crippen LogP contribution in [0.4, 0.5) is 0 Å². The third-order valence-electron chi connectivity index (χ3n) is 1.73. The molecule has 125 valence electrons. The Hall–Kier alpha value is 0.0743. The Labute approximate surface area is 136 Å². The van der Waals surface area contributed by atoms with Gasteiger partial charge in [0.2, 0.25) is 0 Å². The van der Waals surface area contributed by atoms with Gasteiger partial charge >= 0.3 is 60.8 Å². The van der Waals surface area contributed by atoms with Crippen LogP contribution in [-0.4, -0.2) is 18.3 Å². The van der Waals surface area contributed by atoms with Gasteiger partial charge in [-0.15, -0.1) is 18.3 Å². The molecular formula is C17H35O3Ti. The summed E-state index contributed by atoms with van der Waals surface area (Å²) in [7, 11) is 0. The van der Waals surface area contributed by atoms with Gasteiger partial charge < -0.3 is 15.3 Å². The maximum atomic E-state index is 9.53. The van der Waals surface area contributed by atoms with E-state index in [9.17, 15) is 15.3 Å². The van der Waals surface area contributed by atoms with Crippen LogP contribution in [-0.2, 0) is 16.6 Å². The summed E-state index contributed by atoms with van der Waals surface area (Å²) in [6.45, 7) is 9.67. The van der Waals surface area contributed by atoms with E-state index in [2.05, 4.69) is 33.9 Å². The molecule has 0 spiro atoms. The Balaban J connectivity index is -0.000000230. The summed E-state index contributed by atoms with van der Waals surface area (Å²) in [5.74, 6) is 0. The molecule has 1 rings (SSSR count). The molecule has 0 bridgehead atoms. The SMILES string of the molecule is CC(C)[O-].CC(C)[O-].CC(C)[O-].[CH3][Ti+3]([CH3])([CH3])[C]1=CC=CC1. The fourth-order valence-electron chi connectivity index (χ4n) is 1.00.